The fraction of sp³-hybridized carbons (Fsp3) is 0.381. The van der Waals surface area contributed by atoms with Crippen molar-refractivity contribution in [1.82, 2.24) is 15.5 Å². The van der Waals surface area contributed by atoms with Gasteiger partial charge in [0, 0.05) is 24.2 Å². The second-order valence-electron chi connectivity index (χ2n) is 7.50. The molecule has 148 valence electrons. The number of carbonyl (C=O) groups excluding carboxylic acids is 1. The molecule has 0 radical (unpaired) electrons. The van der Waals surface area contributed by atoms with Gasteiger partial charge in [0.1, 0.15) is 0 Å². The van der Waals surface area contributed by atoms with Crippen LogP contribution in [0.15, 0.2) is 40.9 Å². The number of pyridine rings is 1. The smallest absolute Gasteiger partial charge is 0.259 e. The maximum absolute atomic E-state index is 13.0. The molecule has 1 fully saturated rings. The van der Waals surface area contributed by atoms with E-state index in [4.69, 9.17) is 10.3 Å². The number of nitrogens with two attached hydrogens (primary N) is 1. The summed E-state index contributed by atoms with van der Waals surface area (Å²) < 4.78 is 5.45. The second-order valence-corrected chi connectivity index (χ2v) is 7.50. The predicted molar refractivity (Wildman–Crippen MR) is 111 cm³/mol. The van der Waals surface area contributed by atoms with Crippen LogP contribution in [0.1, 0.15) is 71.9 Å². The minimum atomic E-state index is -0.262. The van der Waals surface area contributed by atoms with Gasteiger partial charge < -0.3 is 15.6 Å². The number of benzene rings is 1. The monoisotopic (exact) mass is 400 g/mol. The Labute approximate surface area is 170 Å². The molecule has 1 saturated carbocycles. The Kier molecular flexibility index (Phi) is 6.01. The van der Waals surface area contributed by atoms with Crippen molar-refractivity contribution in [1.29, 1.82) is 0 Å². The Morgan fingerprint density at radius 2 is 2.00 bits per heavy atom. The summed E-state index contributed by atoms with van der Waals surface area (Å²) >= 11 is 0. The van der Waals surface area contributed by atoms with Crippen molar-refractivity contribution in [3.05, 3.63) is 58.9 Å². The first-order valence-corrected chi connectivity index (χ1v) is 9.43. The van der Waals surface area contributed by atoms with E-state index in [1.165, 1.54) is 0 Å². The average molecular weight is 401 g/mol. The Balaban J connectivity index is 0.00000225. The molecule has 1 amide bonds. The molecule has 2 aromatic heterocycles. The lowest BCUT2D eigenvalue weighted by atomic mass is 10.0. The van der Waals surface area contributed by atoms with Crippen molar-refractivity contribution in [3.63, 3.8) is 0 Å². The maximum Gasteiger partial charge on any atom is 0.259 e. The van der Waals surface area contributed by atoms with E-state index in [1.54, 1.807) is 0 Å². The van der Waals surface area contributed by atoms with Crippen molar-refractivity contribution >= 4 is 29.4 Å². The summed E-state index contributed by atoms with van der Waals surface area (Å²) in [7, 11) is 0. The molecular weight excluding hydrogens is 376 g/mol. The molecule has 7 heteroatoms. The fourth-order valence-electron chi connectivity index (χ4n) is 3.27. The number of rotatable bonds is 6. The van der Waals surface area contributed by atoms with Crippen molar-refractivity contribution < 1.29 is 9.32 Å². The molecule has 0 bridgehead atoms. The van der Waals surface area contributed by atoms with Gasteiger partial charge in [0.05, 0.1) is 16.6 Å². The highest BCUT2D eigenvalue weighted by Crippen LogP contribution is 2.41. The Bertz CT molecular complexity index is 967. The van der Waals surface area contributed by atoms with Crippen molar-refractivity contribution in [2.75, 3.05) is 6.54 Å². The zero-order valence-corrected chi connectivity index (χ0v) is 16.8. The molecule has 28 heavy (non-hydrogen) atoms. The van der Waals surface area contributed by atoms with Crippen LogP contribution in [0.2, 0.25) is 0 Å². The molecule has 1 unspecified atom stereocenters. The SMILES string of the molecule is CC(C)c1noc2nc(C3CC3)cc(C(=O)NCC(N)c3ccccc3)c12.Cl. The number of halogens is 1. The van der Waals surface area contributed by atoms with E-state index in [0.29, 0.717) is 29.1 Å². The van der Waals surface area contributed by atoms with Gasteiger partial charge in [-0.25, -0.2) is 4.98 Å². The molecule has 0 spiro atoms. The minimum absolute atomic E-state index is 0. The predicted octanol–water partition coefficient (Wildman–Crippen LogP) is 4.08. The molecular formula is C21H25ClN4O2. The molecule has 1 aliphatic rings. The van der Waals surface area contributed by atoms with E-state index < -0.39 is 0 Å². The van der Waals surface area contributed by atoms with Crippen LogP contribution >= 0.6 is 12.4 Å². The maximum atomic E-state index is 13.0. The van der Waals surface area contributed by atoms with Gasteiger partial charge in [0.2, 0.25) is 0 Å². The van der Waals surface area contributed by atoms with Gasteiger partial charge >= 0.3 is 0 Å². The summed E-state index contributed by atoms with van der Waals surface area (Å²) in [5.41, 5.74) is 9.90. The van der Waals surface area contributed by atoms with Crippen molar-refractivity contribution in [3.8, 4) is 0 Å². The van der Waals surface area contributed by atoms with Crippen LogP contribution in [0.3, 0.4) is 0 Å². The standard InChI is InChI=1S/C21H24N4O2.ClH/c1-12(2)19-18-15(10-17(14-8-9-14)24-21(18)27-25-19)20(26)23-11-16(22)13-6-4-3-5-7-13;/h3-7,10,12,14,16H,8-9,11,22H2,1-2H3,(H,23,26);1H. The van der Waals surface area contributed by atoms with E-state index >= 15 is 0 Å². The van der Waals surface area contributed by atoms with Crippen LogP contribution < -0.4 is 11.1 Å². The molecule has 1 aliphatic carbocycles. The second kappa shape index (κ2) is 8.29. The van der Waals surface area contributed by atoms with Crippen LogP contribution in [0.25, 0.3) is 11.1 Å². The number of hydrogen-bond donors (Lipinski definition) is 2. The number of nitrogens with zero attached hydrogens (tertiary/aromatic N) is 2. The first kappa shape index (κ1) is 20.3. The normalized spacial score (nSPS) is 14.7. The van der Waals surface area contributed by atoms with Gasteiger partial charge in [-0.2, -0.15) is 0 Å². The molecule has 1 aromatic carbocycles. The molecule has 2 heterocycles. The van der Waals surface area contributed by atoms with Crippen LogP contribution in [0.5, 0.6) is 0 Å². The van der Waals surface area contributed by atoms with Gasteiger partial charge in [-0.15, -0.1) is 12.4 Å². The third-order valence-electron chi connectivity index (χ3n) is 4.99. The summed E-state index contributed by atoms with van der Waals surface area (Å²) in [5, 5.41) is 7.84. The summed E-state index contributed by atoms with van der Waals surface area (Å²) in [5.74, 6) is 0.388. The van der Waals surface area contributed by atoms with Gasteiger partial charge in [-0.1, -0.05) is 49.3 Å². The van der Waals surface area contributed by atoms with E-state index in [0.717, 1.165) is 29.8 Å². The summed E-state index contributed by atoms with van der Waals surface area (Å²) in [6.45, 7) is 4.41. The molecule has 4 rings (SSSR count). The highest BCUT2D eigenvalue weighted by molar-refractivity contribution is 6.06. The first-order chi connectivity index (χ1) is 13.0. The number of nitrogens with one attached hydrogen (secondary N) is 1. The van der Waals surface area contributed by atoms with Crippen molar-refractivity contribution in [2.24, 2.45) is 5.73 Å². The highest BCUT2D eigenvalue weighted by atomic mass is 35.5. The summed E-state index contributed by atoms with van der Waals surface area (Å²) in [6.07, 6.45) is 2.20. The van der Waals surface area contributed by atoms with Crippen LogP contribution in [-0.4, -0.2) is 22.6 Å². The number of carbonyl (C=O) groups is 1. The number of aromatic nitrogens is 2. The average Bonchev–Trinajstić information content (AvgIpc) is 3.44. The zero-order valence-electron chi connectivity index (χ0n) is 16.0. The third-order valence-corrected chi connectivity index (χ3v) is 4.99. The van der Waals surface area contributed by atoms with E-state index in [2.05, 4.69) is 15.5 Å². The lowest BCUT2D eigenvalue weighted by Gasteiger charge is -2.14. The Morgan fingerprint density at radius 1 is 1.29 bits per heavy atom. The van der Waals surface area contributed by atoms with Crippen molar-refractivity contribution in [2.45, 2.75) is 44.6 Å². The van der Waals surface area contributed by atoms with Crippen LogP contribution in [0.4, 0.5) is 0 Å². The third kappa shape index (κ3) is 4.03. The molecule has 1 atom stereocenters. The zero-order chi connectivity index (χ0) is 19.0. The number of hydrogen-bond acceptors (Lipinski definition) is 5. The van der Waals surface area contributed by atoms with Crippen LogP contribution in [-0.2, 0) is 0 Å². The summed E-state index contributed by atoms with van der Waals surface area (Å²) in [4.78, 5) is 17.6. The lowest BCUT2D eigenvalue weighted by Crippen LogP contribution is -2.32. The highest BCUT2D eigenvalue weighted by Gasteiger charge is 2.29. The lowest BCUT2D eigenvalue weighted by molar-refractivity contribution is 0.0952. The fourth-order valence-corrected chi connectivity index (χ4v) is 3.27. The van der Waals surface area contributed by atoms with E-state index in [1.807, 2.05) is 50.2 Å². The molecule has 3 aromatic rings. The topological polar surface area (TPSA) is 94.0 Å². The van der Waals surface area contributed by atoms with Crippen LogP contribution in [0, 0.1) is 0 Å². The Morgan fingerprint density at radius 3 is 2.64 bits per heavy atom. The van der Waals surface area contributed by atoms with Gasteiger partial charge in [-0.05, 0) is 30.4 Å². The van der Waals surface area contributed by atoms with Gasteiger partial charge in [-0.3, -0.25) is 4.79 Å². The first-order valence-electron chi connectivity index (χ1n) is 9.43. The van der Waals surface area contributed by atoms with E-state index in [9.17, 15) is 4.79 Å². The molecule has 3 N–H and O–H groups in total. The quantitative estimate of drug-likeness (QED) is 0.650. The minimum Gasteiger partial charge on any atom is -0.350 e. The van der Waals surface area contributed by atoms with E-state index in [-0.39, 0.29) is 30.3 Å². The molecule has 6 nitrogen and oxygen atoms in total. The number of fused-ring (bicyclic) bond motifs is 1. The molecule has 0 saturated heterocycles. The molecule has 0 aliphatic heterocycles. The van der Waals surface area contributed by atoms with Gasteiger partial charge in [0.15, 0.2) is 0 Å². The summed E-state index contributed by atoms with van der Waals surface area (Å²) in [6, 6.07) is 11.4. The Hall–Kier alpha value is -2.44. The van der Waals surface area contributed by atoms with Gasteiger partial charge in [0.25, 0.3) is 11.6 Å². The number of amides is 1. The largest absolute Gasteiger partial charge is 0.350 e.